The minimum Gasteiger partial charge on any atom is -0.485 e. The lowest BCUT2D eigenvalue weighted by molar-refractivity contribution is -0.167. The van der Waals surface area contributed by atoms with E-state index in [0.29, 0.717) is 24.6 Å². The molecule has 0 radical (unpaired) electrons. The van der Waals surface area contributed by atoms with Crippen LogP contribution in [0.4, 0.5) is 0 Å². The Balaban J connectivity index is 1.43. The Morgan fingerprint density at radius 2 is 1.41 bits per heavy atom. The highest BCUT2D eigenvalue weighted by molar-refractivity contribution is 5.85. The average Bonchev–Trinajstić information content (AvgIpc) is 2.84. The summed E-state index contributed by atoms with van der Waals surface area (Å²) in [6.45, 7) is 2.44. The van der Waals surface area contributed by atoms with Gasteiger partial charge in [0.1, 0.15) is 6.61 Å². The maximum atomic E-state index is 13.2. The molecule has 164 valence electrons. The smallest absolute Gasteiger partial charge is 0.351 e. The van der Waals surface area contributed by atoms with E-state index >= 15 is 0 Å². The first kappa shape index (κ1) is 21.4. The van der Waals surface area contributed by atoms with Crippen molar-refractivity contribution in [3.8, 4) is 11.5 Å². The van der Waals surface area contributed by atoms with Gasteiger partial charge >= 0.3 is 5.97 Å². The molecule has 0 bridgehead atoms. The summed E-state index contributed by atoms with van der Waals surface area (Å²) in [4.78, 5) is 27.6. The highest BCUT2D eigenvalue weighted by atomic mass is 16.6. The Hall–Kier alpha value is -3.80. The summed E-state index contributed by atoms with van der Waals surface area (Å²) in [5.74, 6) is 0.162. The van der Waals surface area contributed by atoms with E-state index in [4.69, 9.17) is 14.2 Å². The molecule has 4 rings (SSSR count). The van der Waals surface area contributed by atoms with E-state index in [-0.39, 0.29) is 12.5 Å². The summed E-state index contributed by atoms with van der Waals surface area (Å²) in [7, 11) is 0. The molecule has 0 N–H and O–H groups in total. The van der Waals surface area contributed by atoms with Gasteiger partial charge in [0.25, 0.3) is 5.91 Å². The van der Waals surface area contributed by atoms with Crippen LogP contribution in [0.1, 0.15) is 18.1 Å². The first-order valence-electron chi connectivity index (χ1n) is 10.6. The minimum atomic E-state index is -0.962. The third-order valence-electron chi connectivity index (χ3n) is 5.16. The largest absolute Gasteiger partial charge is 0.485 e. The van der Waals surface area contributed by atoms with Crippen molar-refractivity contribution in [1.82, 2.24) is 4.90 Å². The summed E-state index contributed by atoms with van der Waals surface area (Å²) in [6, 6.07) is 26.6. The lowest BCUT2D eigenvalue weighted by atomic mass is 10.1. The van der Waals surface area contributed by atoms with Crippen molar-refractivity contribution < 1.29 is 23.8 Å². The maximum Gasteiger partial charge on any atom is 0.351 e. The molecule has 3 aromatic carbocycles. The molecule has 0 fully saturated rings. The fraction of sp³-hybridized carbons (Fsp3) is 0.231. The lowest BCUT2D eigenvalue weighted by Gasteiger charge is -2.28. The van der Waals surface area contributed by atoms with E-state index in [0.717, 1.165) is 11.1 Å². The zero-order chi connectivity index (χ0) is 22.3. The molecule has 32 heavy (non-hydrogen) atoms. The summed E-state index contributed by atoms with van der Waals surface area (Å²) in [5, 5.41) is 0. The van der Waals surface area contributed by atoms with Crippen LogP contribution >= 0.6 is 0 Å². The highest BCUT2D eigenvalue weighted by Gasteiger charge is 2.32. The van der Waals surface area contributed by atoms with Crippen molar-refractivity contribution in [2.75, 3.05) is 6.61 Å². The van der Waals surface area contributed by atoms with Gasteiger partial charge in [0.15, 0.2) is 17.6 Å². The lowest BCUT2D eigenvalue weighted by Crippen LogP contribution is -2.44. The molecular formula is C26H25NO5. The summed E-state index contributed by atoms with van der Waals surface area (Å²) in [5.41, 5.74) is 1.99. The zero-order valence-electron chi connectivity index (χ0n) is 17.8. The van der Waals surface area contributed by atoms with E-state index in [1.165, 1.54) is 0 Å². The molecule has 0 saturated carbocycles. The monoisotopic (exact) mass is 431 g/mol. The quantitative estimate of drug-likeness (QED) is 0.530. The minimum absolute atomic E-state index is 0.0362. The van der Waals surface area contributed by atoms with Crippen LogP contribution < -0.4 is 9.47 Å². The molecule has 0 aliphatic carbocycles. The second kappa shape index (κ2) is 10.0. The third-order valence-corrected chi connectivity index (χ3v) is 5.16. The molecule has 1 heterocycles. The van der Waals surface area contributed by atoms with Gasteiger partial charge in [-0.2, -0.15) is 0 Å². The Kier molecular flexibility index (Phi) is 6.70. The molecule has 2 atom stereocenters. The number of hydrogen-bond donors (Lipinski definition) is 0. The molecule has 1 aliphatic heterocycles. The number of carbonyl (C=O) groups excluding carboxylic acids is 2. The highest BCUT2D eigenvalue weighted by Crippen LogP contribution is 2.31. The van der Waals surface area contributed by atoms with Crippen LogP contribution in [-0.2, 0) is 27.4 Å². The Labute approximate surface area is 187 Å². The number of hydrogen-bond acceptors (Lipinski definition) is 5. The van der Waals surface area contributed by atoms with Gasteiger partial charge < -0.3 is 19.1 Å². The average molecular weight is 431 g/mol. The fourth-order valence-electron chi connectivity index (χ4n) is 3.51. The van der Waals surface area contributed by atoms with Gasteiger partial charge in [-0.1, -0.05) is 72.8 Å². The van der Waals surface area contributed by atoms with Gasteiger partial charge in [-0.25, -0.2) is 4.79 Å². The Morgan fingerprint density at radius 3 is 2.00 bits per heavy atom. The number of ether oxygens (including phenoxy) is 3. The van der Waals surface area contributed by atoms with Crippen molar-refractivity contribution in [3.63, 3.8) is 0 Å². The Morgan fingerprint density at radius 1 is 0.875 bits per heavy atom. The number of esters is 1. The molecule has 2 unspecified atom stereocenters. The van der Waals surface area contributed by atoms with Gasteiger partial charge in [-0.15, -0.1) is 0 Å². The zero-order valence-corrected chi connectivity index (χ0v) is 17.8. The van der Waals surface area contributed by atoms with Crippen molar-refractivity contribution in [2.45, 2.75) is 32.2 Å². The number of amides is 1. The van der Waals surface area contributed by atoms with Crippen LogP contribution in [0.2, 0.25) is 0 Å². The number of nitrogens with zero attached hydrogens (tertiary/aromatic N) is 1. The normalized spacial score (nSPS) is 15.5. The Bertz CT molecular complexity index is 1010. The molecule has 6 nitrogen and oxygen atoms in total. The van der Waals surface area contributed by atoms with E-state index in [9.17, 15) is 9.59 Å². The van der Waals surface area contributed by atoms with E-state index in [1.54, 1.807) is 30.0 Å². The van der Waals surface area contributed by atoms with Crippen molar-refractivity contribution in [2.24, 2.45) is 0 Å². The number of rotatable bonds is 7. The molecule has 1 amide bonds. The SMILES string of the molecule is CC(OC(=O)C1COc2ccccc2O1)C(=O)N(Cc1ccccc1)Cc1ccccc1. The molecule has 0 saturated heterocycles. The molecule has 0 spiro atoms. The van der Waals surface area contributed by atoms with Crippen LogP contribution in [-0.4, -0.2) is 35.6 Å². The van der Waals surface area contributed by atoms with E-state index < -0.39 is 18.2 Å². The second-order valence-electron chi connectivity index (χ2n) is 7.61. The predicted molar refractivity (Wildman–Crippen MR) is 119 cm³/mol. The first-order chi connectivity index (χ1) is 15.6. The molecule has 6 heteroatoms. The van der Waals surface area contributed by atoms with Crippen molar-refractivity contribution in [1.29, 1.82) is 0 Å². The topological polar surface area (TPSA) is 65.1 Å². The van der Waals surface area contributed by atoms with Gasteiger partial charge in [0, 0.05) is 13.1 Å². The fourth-order valence-corrected chi connectivity index (χ4v) is 3.51. The predicted octanol–water partition coefficient (Wildman–Crippen LogP) is 3.99. The van der Waals surface area contributed by atoms with E-state index in [2.05, 4.69) is 0 Å². The maximum absolute atomic E-state index is 13.2. The van der Waals surface area contributed by atoms with Gasteiger partial charge in [-0.05, 0) is 30.2 Å². The summed E-state index contributed by atoms with van der Waals surface area (Å²) >= 11 is 0. The van der Waals surface area contributed by atoms with Gasteiger partial charge in [-0.3, -0.25) is 4.79 Å². The van der Waals surface area contributed by atoms with Crippen LogP contribution in [0.25, 0.3) is 0 Å². The number of benzene rings is 3. The molecule has 3 aromatic rings. The van der Waals surface area contributed by atoms with Crippen LogP contribution in [0.15, 0.2) is 84.9 Å². The van der Waals surface area contributed by atoms with Crippen LogP contribution in [0.5, 0.6) is 11.5 Å². The first-order valence-corrected chi connectivity index (χ1v) is 10.6. The van der Waals surface area contributed by atoms with Crippen LogP contribution in [0.3, 0.4) is 0 Å². The third kappa shape index (κ3) is 5.27. The van der Waals surface area contributed by atoms with Gasteiger partial charge in [0.2, 0.25) is 6.10 Å². The van der Waals surface area contributed by atoms with Crippen molar-refractivity contribution in [3.05, 3.63) is 96.1 Å². The summed E-state index contributed by atoms with van der Waals surface area (Å²) in [6.07, 6.45) is -1.88. The van der Waals surface area contributed by atoms with Gasteiger partial charge in [0.05, 0.1) is 0 Å². The number of fused-ring (bicyclic) bond motifs is 1. The molecule has 1 aliphatic rings. The second-order valence-corrected chi connectivity index (χ2v) is 7.61. The molecule has 0 aromatic heterocycles. The van der Waals surface area contributed by atoms with E-state index in [1.807, 2.05) is 66.7 Å². The van der Waals surface area contributed by atoms with Crippen LogP contribution in [0, 0.1) is 0 Å². The van der Waals surface area contributed by atoms with Crippen molar-refractivity contribution >= 4 is 11.9 Å². The summed E-state index contributed by atoms with van der Waals surface area (Å²) < 4.78 is 16.8. The standard InChI is InChI=1S/C26H25NO5/c1-19(31-26(29)24-18-30-22-14-8-9-15-23(22)32-24)25(28)27(16-20-10-4-2-5-11-20)17-21-12-6-3-7-13-21/h2-15,19,24H,16-18H2,1H3. The number of para-hydroxylation sites is 2. The molecular weight excluding hydrogens is 406 g/mol. The number of carbonyl (C=O) groups is 2.